The Morgan fingerprint density at radius 2 is 0.726 bits per heavy atom. The number of rotatable bonds is 15. The summed E-state index contributed by atoms with van der Waals surface area (Å²) in [5.74, 6) is -1.55. The summed E-state index contributed by atoms with van der Waals surface area (Å²) in [6, 6.07) is -3.28. The fourth-order valence-electron chi connectivity index (χ4n) is 7.83. The largest absolute Gasteiger partial charge is 0.394 e. The molecule has 5 fully saturated rings. The molecule has 5 rings (SSSR count). The van der Waals surface area contributed by atoms with Crippen LogP contribution in [0.15, 0.2) is 0 Å². The smallest absolute Gasteiger partial charge is 0.217 e. The molecule has 5 heterocycles. The number of nitrogens with one attached hydrogen (secondary N) is 2. The Bertz CT molecular complexity index is 1440. The van der Waals surface area contributed by atoms with Gasteiger partial charge in [0.1, 0.15) is 122 Å². The molecule has 5 aliphatic heterocycles. The molecule has 360 valence electrons. The van der Waals surface area contributed by atoms with E-state index < -0.39 is 198 Å². The average molecular weight is 911 g/mol. The first-order valence-corrected chi connectivity index (χ1v) is 19.6. The molecular weight excluding hydrogens is 852 g/mol. The fraction of sp³-hybridized carbons (Fsp3) is 0.941. The zero-order valence-corrected chi connectivity index (χ0v) is 33.2. The summed E-state index contributed by atoms with van der Waals surface area (Å²) in [5.41, 5.74) is 0. The molecule has 0 saturated carbocycles. The molecule has 0 unspecified atom stereocenters. The summed E-state index contributed by atoms with van der Waals surface area (Å²) in [4.78, 5) is 24.4. The number of amides is 2. The Balaban J connectivity index is 1.37. The van der Waals surface area contributed by atoms with E-state index in [-0.39, 0.29) is 0 Å². The van der Waals surface area contributed by atoms with Crippen LogP contribution in [0.2, 0.25) is 0 Å². The standard InChI is InChI=1S/C34H58N2O26/c1-8(42)35-15-20(47)17(44)10(3-37)55-31(15)61-28-18(45)11(4-38)56-33(24(28)51)59-26-14(7-41)58-32(16(21(26)48)36-9(2)43)62-29-19(46)12(5-39)57-34(25(29)52)60-27-13(6-40)54-30(53)23(50)22(27)49/h10-34,37-41,44-53H,3-7H2,1-2H3,(H,35,42)(H,36,43)/t10-,11-,12-,13-,14-,15-,16-,17+,18+,19+,20-,21-,22-,23-,24-,25-,26+,27-,28-,29+,30+,31+,32+,33+,34+/m1/s1. The van der Waals surface area contributed by atoms with Crippen LogP contribution in [0.25, 0.3) is 0 Å². The lowest BCUT2D eigenvalue weighted by molar-refractivity contribution is -0.384. The average Bonchev–Trinajstić information content (AvgIpc) is 3.23. The van der Waals surface area contributed by atoms with Gasteiger partial charge in [0.15, 0.2) is 31.5 Å². The van der Waals surface area contributed by atoms with Gasteiger partial charge in [-0.15, -0.1) is 0 Å². The van der Waals surface area contributed by atoms with E-state index in [0.717, 1.165) is 13.8 Å². The highest BCUT2D eigenvalue weighted by atomic mass is 16.8. The van der Waals surface area contributed by atoms with Crippen molar-refractivity contribution in [2.75, 3.05) is 33.0 Å². The molecule has 0 aromatic heterocycles. The van der Waals surface area contributed by atoms with Gasteiger partial charge < -0.3 is 130 Å². The molecule has 0 spiro atoms. The predicted molar refractivity (Wildman–Crippen MR) is 190 cm³/mol. The Kier molecular flexibility index (Phi) is 18.1. The van der Waals surface area contributed by atoms with Gasteiger partial charge in [0.25, 0.3) is 0 Å². The third kappa shape index (κ3) is 10.8. The lowest BCUT2D eigenvalue weighted by Gasteiger charge is -2.50. The molecule has 62 heavy (non-hydrogen) atoms. The van der Waals surface area contributed by atoms with Crippen LogP contribution >= 0.6 is 0 Å². The van der Waals surface area contributed by atoms with Crippen molar-refractivity contribution in [3.63, 3.8) is 0 Å². The van der Waals surface area contributed by atoms with Crippen molar-refractivity contribution in [1.82, 2.24) is 10.6 Å². The van der Waals surface area contributed by atoms with Crippen molar-refractivity contribution in [3.8, 4) is 0 Å². The van der Waals surface area contributed by atoms with Gasteiger partial charge in [-0.3, -0.25) is 9.59 Å². The van der Waals surface area contributed by atoms with E-state index in [9.17, 15) is 86.2 Å². The van der Waals surface area contributed by atoms with E-state index in [1.165, 1.54) is 0 Å². The number of hydrogen-bond acceptors (Lipinski definition) is 26. The lowest BCUT2D eigenvalue weighted by Crippen LogP contribution is -2.70. The first kappa shape index (κ1) is 51.0. The van der Waals surface area contributed by atoms with Gasteiger partial charge in [-0.05, 0) is 0 Å². The maximum absolute atomic E-state index is 12.5. The maximum atomic E-state index is 12.5. The molecule has 5 aliphatic rings. The van der Waals surface area contributed by atoms with Crippen LogP contribution in [0.3, 0.4) is 0 Å². The van der Waals surface area contributed by atoms with E-state index >= 15 is 0 Å². The summed E-state index contributed by atoms with van der Waals surface area (Å²) < 4.78 is 50.7. The Labute approximate surface area is 351 Å². The van der Waals surface area contributed by atoms with E-state index in [0.29, 0.717) is 0 Å². The van der Waals surface area contributed by atoms with Gasteiger partial charge in [-0.25, -0.2) is 0 Å². The number of hydrogen-bond donors (Lipinski definition) is 17. The van der Waals surface area contributed by atoms with Crippen molar-refractivity contribution in [3.05, 3.63) is 0 Å². The molecule has 28 heteroatoms. The molecule has 0 radical (unpaired) electrons. The zero-order chi connectivity index (χ0) is 45.9. The monoisotopic (exact) mass is 910 g/mol. The van der Waals surface area contributed by atoms with Crippen LogP contribution in [-0.2, 0) is 52.2 Å². The molecular formula is C34H58N2O26. The van der Waals surface area contributed by atoms with Crippen LogP contribution in [0.1, 0.15) is 13.8 Å². The van der Waals surface area contributed by atoms with E-state index in [4.69, 9.17) is 42.6 Å². The Morgan fingerprint density at radius 1 is 0.387 bits per heavy atom. The summed E-state index contributed by atoms with van der Waals surface area (Å²) >= 11 is 0. The van der Waals surface area contributed by atoms with Crippen LogP contribution in [0, 0.1) is 0 Å². The summed E-state index contributed by atoms with van der Waals surface area (Å²) in [5, 5.41) is 163. The zero-order valence-electron chi connectivity index (χ0n) is 33.2. The predicted octanol–water partition coefficient (Wildman–Crippen LogP) is -11.6. The molecule has 17 N–H and O–H groups in total. The van der Waals surface area contributed by atoms with E-state index in [2.05, 4.69) is 10.6 Å². The van der Waals surface area contributed by atoms with Crippen LogP contribution < -0.4 is 10.6 Å². The summed E-state index contributed by atoms with van der Waals surface area (Å²) in [6.45, 7) is -2.53. The second-order valence-corrected chi connectivity index (χ2v) is 15.4. The minimum atomic E-state index is -2.10. The highest BCUT2D eigenvalue weighted by molar-refractivity contribution is 5.73. The van der Waals surface area contributed by atoms with E-state index in [1.54, 1.807) is 0 Å². The van der Waals surface area contributed by atoms with Crippen molar-refractivity contribution in [1.29, 1.82) is 0 Å². The number of carbonyl (C=O) groups is 2. The first-order valence-electron chi connectivity index (χ1n) is 19.6. The van der Waals surface area contributed by atoms with Crippen LogP contribution in [0.5, 0.6) is 0 Å². The highest BCUT2D eigenvalue weighted by Crippen LogP contribution is 2.35. The van der Waals surface area contributed by atoms with Crippen molar-refractivity contribution >= 4 is 11.8 Å². The van der Waals surface area contributed by atoms with Gasteiger partial charge in [-0.1, -0.05) is 0 Å². The SMILES string of the molecule is CC(=O)N[C@H]1[C@H](O[C@H]2[C@@H](O)[C@@H](CO)O[C@@H](O[C@H]3[C@H](O)[C@@H](O)[C@@H](O)O[C@@H]3CO)[C@@H]2O)O[C@H](CO)[C@H](O[C@@H]2O[C@H](CO)[C@H](O)[C@@H](O[C@@H]3O[C@H](CO)[C@H](O)[C@H](O)[C@H]3NC(C)=O)[C@H]2O)[C@@H]1O. The number of ether oxygens (including phenoxy) is 9. The second kappa shape index (κ2) is 22.0. The van der Waals surface area contributed by atoms with Crippen molar-refractivity contribution < 1.29 is 129 Å². The first-order chi connectivity index (χ1) is 29.3. The molecule has 25 atom stereocenters. The minimum Gasteiger partial charge on any atom is -0.394 e. The van der Waals surface area contributed by atoms with Crippen molar-refractivity contribution in [2.24, 2.45) is 0 Å². The Hall–Kier alpha value is -2.02. The second-order valence-electron chi connectivity index (χ2n) is 15.4. The topological polar surface area (TPSA) is 445 Å². The fourth-order valence-corrected chi connectivity index (χ4v) is 7.83. The minimum absolute atomic E-state index is 0.726. The van der Waals surface area contributed by atoms with Crippen molar-refractivity contribution in [2.45, 2.75) is 167 Å². The molecule has 28 nitrogen and oxygen atoms in total. The summed E-state index contributed by atoms with van der Waals surface area (Å²) in [6.07, 6.45) is -42.2. The normalized spacial score (nSPS) is 49.0. The van der Waals surface area contributed by atoms with Gasteiger partial charge in [-0.2, -0.15) is 0 Å². The highest BCUT2D eigenvalue weighted by Gasteiger charge is 2.57. The van der Waals surface area contributed by atoms with Crippen LogP contribution in [-0.4, -0.2) is 275 Å². The quantitative estimate of drug-likeness (QED) is 0.0725. The third-order valence-electron chi connectivity index (χ3n) is 11.1. The maximum Gasteiger partial charge on any atom is 0.217 e. The molecule has 2 amide bonds. The molecule has 0 bridgehead atoms. The number of carbonyl (C=O) groups excluding carboxylic acids is 2. The molecule has 0 aromatic rings. The Morgan fingerprint density at radius 3 is 1.15 bits per heavy atom. The number of aliphatic hydroxyl groups excluding tert-OH is 15. The van der Waals surface area contributed by atoms with Gasteiger partial charge in [0, 0.05) is 13.8 Å². The van der Waals surface area contributed by atoms with Gasteiger partial charge >= 0.3 is 0 Å². The van der Waals surface area contributed by atoms with Crippen LogP contribution in [0.4, 0.5) is 0 Å². The molecule has 0 aliphatic carbocycles. The molecule has 5 saturated heterocycles. The summed E-state index contributed by atoms with van der Waals surface area (Å²) in [7, 11) is 0. The number of aliphatic hydroxyl groups is 15. The third-order valence-corrected chi connectivity index (χ3v) is 11.1. The lowest BCUT2D eigenvalue weighted by atomic mass is 9.94. The van der Waals surface area contributed by atoms with Gasteiger partial charge in [0.05, 0.1) is 33.0 Å². The van der Waals surface area contributed by atoms with E-state index in [1.807, 2.05) is 0 Å². The van der Waals surface area contributed by atoms with Gasteiger partial charge in [0.2, 0.25) is 11.8 Å². The molecule has 0 aromatic carbocycles.